The molecule has 0 spiro atoms. The number of ether oxygens (including phenoxy) is 2. The summed E-state index contributed by atoms with van der Waals surface area (Å²) >= 11 is 0. The molecule has 174 valence electrons. The number of rotatable bonds is 6. The molecule has 1 unspecified atom stereocenters. The predicted octanol–water partition coefficient (Wildman–Crippen LogP) is 3.44. The molecule has 1 heterocycles. The van der Waals surface area contributed by atoms with Crippen molar-refractivity contribution in [2.24, 2.45) is 0 Å². The number of anilines is 1. The Hall–Kier alpha value is -3.68. The number of benzene rings is 2. The molecule has 1 aliphatic rings. The van der Waals surface area contributed by atoms with Gasteiger partial charge < -0.3 is 14.4 Å². The zero-order chi connectivity index (χ0) is 24.3. The van der Waals surface area contributed by atoms with Crippen molar-refractivity contribution >= 4 is 29.4 Å². The van der Waals surface area contributed by atoms with Crippen LogP contribution in [0.15, 0.2) is 48.5 Å². The molecule has 0 saturated carbocycles. The Bertz CT molecular complexity index is 1050. The van der Waals surface area contributed by atoms with Crippen molar-refractivity contribution in [3.8, 4) is 5.75 Å². The Morgan fingerprint density at radius 1 is 1.00 bits per heavy atom. The van der Waals surface area contributed by atoms with Crippen LogP contribution in [0.3, 0.4) is 0 Å². The number of methoxy groups -OCH3 is 1. The van der Waals surface area contributed by atoms with Gasteiger partial charge >= 0.3 is 5.97 Å². The van der Waals surface area contributed by atoms with Crippen LogP contribution in [-0.4, -0.2) is 53.9 Å². The lowest BCUT2D eigenvalue weighted by Crippen LogP contribution is -2.54. The van der Waals surface area contributed by atoms with E-state index in [-0.39, 0.29) is 18.9 Å². The number of carbonyl (C=O) groups is 4. The van der Waals surface area contributed by atoms with Crippen LogP contribution in [-0.2, 0) is 14.3 Å². The van der Waals surface area contributed by atoms with Crippen LogP contribution in [0, 0.1) is 0 Å². The van der Waals surface area contributed by atoms with Crippen LogP contribution >= 0.6 is 0 Å². The van der Waals surface area contributed by atoms with Crippen molar-refractivity contribution < 1.29 is 28.7 Å². The van der Waals surface area contributed by atoms with Gasteiger partial charge in [0, 0.05) is 11.1 Å². The first-order valence-electron chi connectivity index (χ1n) is 10.7. The summed E-state index contributed by atoms with van der Waals surface area (Å²) in [5, 5.41) is 0. The summed E-state index contributed by atoms with van der Waals surface area (Å²) in [7, 11) is 1.54. The van der Waals surface area contributed by atoms with Gasteiger partial charge in [0.15, 0.2) is 0 Å². The highest BCUT2D eigenvalue weighted by molar-refractivity contribution is 6.23. The van der Waals surface area contributed by atoms with Gasteiger partial charge in [-0.1, -0.05) is 0 Å². The second-order valence-corrected chi connectivity index (χ2v) is 8.63. The molecule has 8 heteroatoms. The average molecular weight is 453 g/mol. The summed E-state index contributed by atoms with van der Waals surface area (Å²) in [5.41, 5.74) is 0.332. The Labute approximate surface area is 193 Å². The number of nitrogens with zero attached hydrogens (tertiary/aromatic N) is 2. The fourth-order valence-electron chi connectivity index (χ4n) is 3.84. The first-order valence-corrected chi connectivity index (χ1v) is 10.7. The van der Waals surface area contributed by atoms with E-state index in [2.05, 4.69) is 0 Å². The number of amides is 3. The molecule has 3 rings (SSSR count). The minimum atomic E-state index is -0.947. The van der Waals surface area contributed by atoms with Crippen LogP contribution < -0.4 is 9.64 Å². The van der Waals surface area contributed by atoms with Crippen LogP contribution in [0.2, 0.25) is 0 Å². The minimum Gasteiger partial charge on any atom is -0.497 e. The Morgan fingerprint density at radius 3 is 2.09 bits per heavy atom. The SMILES string of the molecule is CCOC(=O)c1ccc(N2C(=O)CC(N(C(=O)c3ccc(OC)cc3)C(C)(C)C)C2=O)cc1. The van der Waals surface area contributed by atoms with E-state index >= 15 is 0 Å². The highest BCUT2D eigenvalue weighted by Crippen LogP contribution is 2.31. The lowest BCUT2D eigenvalue weighted by atomic mass is 9.99. The molecular formula is C25H28N2O6. The molecule has 1 atom stereocenters. The van der Waals surface area contributed by atoms with Crippen LogP contribution in [0.1, 0.15) is 54.8 Å². The molecule has 2 aromatic rings. The quantitative estimate of drug-likeness (QED) is 0.492. The summed E-state index contributed by atoms with van der Waals surface area (Å²) in [5.74, 6) is -1.12. The summed E-state index contributed by atoms with van der Waals surface area (Å²) in [4.78, 5) is 54.0. The number of hydrogen-bond acceptors (Lipinski definition) is 6. The predicted molar refractivity (Wildman–Crippen MR) is 122 cm³/mol. The Kier molecular flexibility index (Phi) is 6.86. The second-order valence-electron chi connectivity index (χ2n) is 8.63. The number of carbonyl (C=O) groups excluding carboxylic acids is 4. The lowest BCUT2D eigenvalue weighted by Gasteiger charge is -2.39. The Morgan fingerprint density at radius 2 is 1.58 bits per heavy atom. The largest absolute Gasteiger partial charge is 0.497 e. The van der Waals surface area contributed by atoms with E-state index in [1.807, 2.05) is 20.8 Å². The van der Waals surface area contributed by atoms with E-state index in [0.717, 1.165) is 4.90 Å². The zero-order valence-electron chi connectivity index (χ0n) is 19.5. The molecule has 0 N–H and O–H groups in total. The van der Waals surface area contributed by atoms with E-state index in [0.29, 0.717) is 22.6 Å². The molecule has 3 amide bonds. The van der Waals surface area contributed by atoms with Crippen molar-refractivity contribution in [1.29, 1.82) is 0 Å². The third-order valence-corrected chi connectivity index (χ3v) is 5.35. The average Bonchev–Trinajstić information content (AvgIpc) is 3.06. The third-order valence-electron chi connectivity index (χ3n) is 5.35. The summed E-state index contributed by atoms with van der Waals surface area (Å²) in [6.07, 6.45) is -0.127. The lowest BCUT2D eigenvalue weighted by molar-refractivity contribution is -0.123. The maximum absolute atomic E-state index is 13.4. The molecule has 8 nitrogen and oxygen atoms in total. The maximum atomic E-state index is 13.4. The minimum absolute atomic E-state index is 0.127. The topological polar surface area (TPSA) is 93.2 Å². The van der Waals surface area contributed by atoms with Gasteiger partial charge in [-0.15, -0.1) is 0 Å². The summed E-state index contributed by atoms with van der Waals surface area (Å²) < 4.78 is 10.1. The summed E-state index contributed by atoms with van der Waals surface area (Å²) in [6, 6.07) is 11.7. The van der Waals surface area contributed by atoms with Crippen molar-refractivity contribution in [2.75, 3.05) is 18.6 Å². The van der Waals surface area contributed by atoms with Crippen molar-refractivity contribution in [1.82, 2.24) is 4.90 Å². The van der Waals surface area contributed by atoms with Crippen molar-refractivity contribution in [2.45, 2.75) is 45.7 Å². The summed E-state index contributed by atoms with van der Waals surface area (Å²) in [6.45, 7) is 7.42. The van der Waals surface area contributed by atoms with Crippen LogP contribution in [0.5, 0.6) is 5.75 Å². The second kappa shape index (κ2) is 9.44. The molecule has 2 aromatic carbocycles. The van der Waals surface area contributed by atoms with E-state index < -0.39 is 29.4 Å². The monoisotopic (exact) mass is 452 g/mol. The van der Waals surface area contributed by atoms with Crippen molar-refractivity contribution in [3.05, 3.63) is 59.7 Å². The van der Waals surface area contributed by atoms with Gasteiger partial charge in [0.05, 0.1) is 31.4 Å². The Balaban J connectivity index is 1.89. The normalized spacial score (nSPS) is 16.0. The molecule has 33 heavy (non-hydrogen) atoms. The fraction of sp³-hybridized carbons (Fsp3) is 0.360. The zero-order valence-corrected chi connectivity index (χ0v) is 19.5. The first-order chi connectivity index (χ1) is 15.6. The van der Waals surface area contributed by atoms with Gasteiger partial charge in [-0.3, -0.25) is 14.4 Å². The molecule has 0 aliphatic carbocycles. The fourth-order valence-corrected chi connectivity index (χ4v) is 3.84. The molecule has 0 radical (unpaired) electrons. The maximum Gasteiger partial charge on any atom is 0.338 e. The number of imide groups is 1. The van der Waals surface area contributed by atoms with Gasteiger partial charge in [-0.25, -0.2) is 9.69 Å². The van der Waals surface area contributed by atoms with Crippen molar-refractivity contribution in [3.63, 3.8) is 0 Å². The van der Waals surface area contributed by atoms with Gasteiger partial charge in [0.25, 0.3) is 11.8 Å². The smallest absolute Gasteiger partial charge is 0.338 e. The van der Waals surface area contributed by atoms with Gasteiger partial charge in [-0.05, 0) is 76.2 Å². The molecule has 1 aliphatic heterocycles. The van der Waals surface area contributed by atoms with E-state index in [4.69, 9.17) is 9.47 Å². The van der Waals surface area contributed by atoms with Crippen LogP contribution in [0.25, 0.3) is 0 Å². The van der Waals surface area contributed by atoms with Gasteiger partial charge in [0.1, 0.15) is 11.8 Å². The third kappa shape index (κ3) is 4.89. The molecular weight excluding hydrogens is 424 g/mol. The van der Waals surface area contributed by atoms with E-state index in [1.54, 1.807) is 31.2 Å². The molecule has 0 bridgehead atoms. The van der Waals surface area contributed by atoms with Gasteiger partial charge in [0.2, 0.25) is 5.91 Å². The standard InChI is InChI=1S/C25H28N2O6/c1-6-33-24(31)17-7-11-18(12-8-17)26-21(28)15-20(23(26)30)27(25(2,3)4)22(29)16-9-13-19(32-5)14-10-16/h7-14,20H,6,15H2,1-5H3. The molecule has 1 fully saturated rings. The first kappa shape index (κ1) is 24.0. The highest BCUT2D eigenvalue weighted by atomic mass is 16.5. The van der Waals surface area contributed by atoms with E-state index in [9.17, 15) is 19.2 Å². The van der Waals surface area contributed by atoms with Crippen LogP contribution in [0.4, 0.5) is 5.69 Å². The highest BCUT2D eigenvalue weighted by Gasteiger charge is 2.47. The molecule has 0 aromatic heterocycles. The number of esters is 1. The van der Waals surface area contributed by atoms with Gasteiger partial charge in [-0.2, -0.15) is 0 Å². The molecule has 1 saturated heterocycles. The number of hydrogen-bond donors (Lipinski definition) is 0. The van der Waals surface area contributed by atoms with E-state index in [1.165, 1.54) is 36.3 Å².